The lowest BCUT2D eigenvalue weighted by molar-refractivity contribution is -0.384. The first-order valence-corrected chi connectivity index (χ1v) is 6.89. The van der Waals surface area contributed by atoms with Crippen molar-refractivity contribution in [2.24, 2.45) is 11.8 Å². The van der Waals surface area contributed by atoms with Crippen molar-refractivity contribution < 1.29 is 9.72 Å². The monoisotopic (exact) mass is 275 g/mol. The lowest BCUT2D eigenvalue weighted by Gasteiger charge is -2.23. The summed E-state index contributed by atoms with van der Waals surface area (Å²) in [6.45, 7) is 0. The fraction of sp³-hybridized carbons (Fsp3) is 0.500. The van der Waals surface area contributed by atoms with Crippen LogP contribution >= 0.6 is 0 Å². The van der Waals surface area contributed by atoms with Gasteiger partial charge in [0.05, 0.1) is 10.5 Å². The average molecular weight is 275 g/mol. The third-order valence-electron chi connectivity index (χ3n) is 4.55. The lowest BCUT2D eigenvalue weighted by atomic mass is 9.95. The van der Waals surface area contributed by atoms with E-state index < -0.39 is 4.92 Å². The number of nitrogens with one attached hydrogen (secondary N) is 1. The Hall–Kier alpha value is -2.11. The minimum absolute atomic E-state index is 0.114. The number of hydrogen-bond acceptors (Lipinski definition) is 4. The molecular formula is C14H17N3O3. The molecule has 0 heterocycles. The summed E-state index contributed by atoms with van der Waals surface area (Å²) in [7, 11) is 0. The first kappa shape index (κ1) is 12.9. The number of nitrogens with two attached hydrogens (primary N) is 1. The SMILES string of the molecule is Nc1ccc([N+](=O)[O-])cc1C(=O)NC1CC2CCC1C2. The van der Waals surface area contributed by atoms with E-state index in [1.54, 1.807) is 0 Å². The zero-order valence-corrected chi connectivity index (χ0v) is 11.0. The molecule has 2 bridgehead atoms. The number of nitrogen functional groups attached to an aromatic ring is 1. The molecule has 0 aliphatic heterocycles. The number of nitrogens with zero attached hydrogens (tertiary/aromatic N) is 1. The molecular weight excluding hydrogens is 258 g/mol. The fourth-order valence-electron chi connectivity index (χ4n) is 3.52. The molecule has 3 unspecified atom stereocenters. The highest BCUT2D eigenvalue weighted by Crippen LogP contribution is 2.44. The minimum atomic E-state index is -0.520. The predicted octanol–water partition coefficient (Wildman–Crippen LogP) is 2.10. The summed E-state index contributed by atoms with van der Waals surface area (Å²) in [4.78, 5) is 22.5. The maximum Gasteiger partial charge on any atom is 0.270 e. The van der Waals surface area contributed by atoms with Gasteiger partial charge in [0.15, 0.2) is 0 Å². The molecule has 6 heteroatoms. The van der Waals surface area contributed by atoms with Crippen molar-refractivity contribution in [2.75, 3.05) is 5.73 Å². The van der Waals surface area contributed by atoms with Crippen LogP contribution in [0.15, 0.2) is 18.2 Å². The molecule has 2 saturated carbocycles. The van der Waals surface area contributed by atoms with Crippen LogP contribution in [0.3, 0.4) is 0 Å². The second-order valence-electron chi connectivity index (χ2n) is 5.78. The number of carbonyl (C=O) groups excluding carboxylic acids is 1. The van der Waals surface area contributed by atoms with Crippen molar-refractivity contribution in [2.45, 2.75) is 31.7 Å². The normalized spacial score (nSPS) is 27.5. The van der Waals surface area contributed by atoms with E-state index >= 15 is 0 Å². The van der Waals surface area contributed by atoms with Crippen molar-refractivity contribution in [1.29, 1.82) is 0 Å². The standard InChI is InChI=1S/C14H17N3O3/c15-12-4-3-10(17(19)20)7-11(12)14(18)16-13-6-8-1-2-9(13)5-8/h3-4,7-9,13H,1-2,5-6,15H2,(H,16,18). The quantitative estimate of drug-likeness (QED) is 0.501. The summed E-state index contributed by atoms with van der Waals surface area (Å²) in [5, 5.41) is 13.8. The Morgan fingerprint density at radius 3 is 2.75 bits per heavy atom. The van der Waals surface area contributed by atoms with Crippen molar-refractivity contribution in [3.63, 3.8) is 0 Å². The predicted molar refractivity (Wildman–Crippen MR) is 74.2 cm³/mol. The molecule has 0 saturated heterocycles. The van der Waals surface area contributed by atoms with Crippen LogP contribution in [0, 0.1) is 22.0 Å². The second-order valence-corrected chi connectivity index (χ2v) is 5.78. The number of nitro benzene ring substituents is 1. The molecule has 2 aliphatic rings. The smallest absolute Gasteiger partial charge is 0.270 e. The Kier molecular flexibility index (Phi) is 3.08. The number of nitro groups is 1. The van der Waals surface area contributed by atoms with Gasteiger partial charge in [0.25, 0.3) is 11.6 Å². The van der Waals surface area contributed by atoms with Crippen LogP contribution in [0.25, 0.3) is 0 Å². The van der Waals surface area contributed by atoms with Crippen LogP contribution in [-0.2, 0) is 0 Å². The van der Waals surface area contributed by atoms with Gasteiger partial charge in [-0.25, -0.2) is 0 Å². The summed E-state index contributed by atoms with van der Waals surface area (Å²) in [6, 6.07) is 4.16. The van der Waals surface area contributed by atoms with Gasteiger partial charge in [0.1, 0.15) is 0 Å². The topological polar surface area (TPSA) is 98.3 Å². The third kappa shape index (κ3) is 2.21. The number of fused-ring (bicyclic) bond motifs is 2. The Morgan fingerprint density at radius 2 is 2.15 bits per heavy atom. The van der Waals surface area contributed by atoms with Gasteiger partial charge in [-0.05, 0) is 37.2 Å². The Morgan fingerprint density at radius 1 is 1.35 bits per heavy atom. The first-order chi connectivity index (χ1) is 9.54. The van der Waals surface area contributed by atoms with Crippen LogP contribution in [0.1, 0.15) is 36.0 Å². The van der Waals surface area contributed by atoms with Crippen LogP contribution < -0.4 is 11.1 Å². The average Bonchev–Trinajstić information content (AvgIpc) is 3.01. The van der Waals surface area contributed by atoms with E-state index in [2.05, 4.69) is 5.32 Å². The molecule has 106 valence electrons. The molecule has 20 heavy (non-hydrogen) atoms. The number of hydrogen-bond donors (Lipinski definition) is 2. The zero-order chi connectivity index (χ0) is 14.3. The molecule has 1 aromatic carbocycles. The van der Waals surface area contributed by atoms with Crippen molar-refractivity contribution in [3.8, 4) is 0 Å². The molecule has 2 aliphatic carbocycles. The number of rotatable bonds is 3. The van der Waals surface area contributed by atoms with Crippen LogP contribution in [0.5, 0.6) is 0 Å². The van der Waals surface area contributed by atoms with Crippen LogP contribution in [0.2, 0.25) is 0 Å². The van der Waals surface area contributed by atoms with Crippen molar-refractivity contribution in [3.05, 3.63) is 33.9 Å². The third-order valence-corrected chi connectivity index (χ3v) is 4.55. The lowest BCUT2D eigenvalue weighted by Crippen LogP contribution is -2.38. The van der Waals surface area contributed by atoms with Gasteiger partial charge >= 0.3 is 0 Å². The van der Waals surface area contributed by atoms with Gasteiger partial charge < -0.3 is 11.1 Å². The van der Waals surface area contributed by atoms with Gasteiger partial charge in [-0.15, -0.1) is 0 Å². The maximum atomic E-state index is 12.3. The van der Waals surface area contributed by atoms with Gasteiger partial charge in [-0.2, -0.15) is 0 Å². The minimum Gasteiger partial charge on any atom is -0.398 e. The zero-order valence-electron chi connectivity index (χ0n) is 11.0. The summed E-state index contributed by atoms with van der Waals surface area (Å²) in [5.41, 5.74) is 6.11. The molecule has 1 aromatic rings. The molecule has 1 amide bonds. The summed E-state index contributed by atoms with van der Waals surface area (Å²) >= 11 is 0. The Labute approximate surface area is 116 Å². The molecule has 3 N–H and O–H groups in total. The van der Waals surface area contributed by atoms with E-state index in [4.69, 9.17) is 5.73 Å². The second kappa shape index (κ2) is 4.77. The molecule has 0 radical (unpaired) electrons. The Bertz CT molecular complexity index is 573. The van der Waals surface area contributed by atoms with Gasteiger partial charge in [-0.3, -0.25) is 14.9 Å². The maximum absolute atomic E-state index is 12.3. The molecule has 3 atom stereocenters. The summed E-state index contributed by atoms with van der Waals surface area (Å²) in [6.07, 6.45) is 4.64. The Balaban J connectivity index is 1.76. The van der Waals surface area contributed by atoms with Crippen LogP contribution in [-0.4, -0.2) is 16.9 Å². The number of non-ortho nitro benzene ring substituents is 1. The van der Waals surface area contributed by atoms with E-state index in [0.717, 1.165) is 12.3 Å². The summed E-state index contributed by atoms with van der Waals surface area (Å²) < 4.78 is 0. The highest BCUT2D eigenvalue weighted by Gasteiger charge is 2.40. The van der Waals surface area contributed by atoms with E-state index in [0.29, 0.717) is 5.92 Å². The van der Waals surface area contributed by atoms with Gasteiger partial charge in [0, 0.05) is 23.9 Å². The van der Waals surface area contributed by atoms with E-state index in [1.807, 2.05) is 0 Å². The first-order valence-electron chi connectivity index (χ1n) is 6.89. The van der Waals surface area contributed by atoms with Gasteiger partial charge in [-0.1, -0.05) is 6.42 Å². The largest absolute Gasteiger partial charge is 0.398 e. The van der Waals surface area contributed by atoms with E-state index in [9.17, 15) is 14.9 Å². The van der Waals surface area contributed by atoms with Gasteiger partial charge in [0.2, 0.25) is 0 Å². The number of carbonyl (C=O) groups is 1. The molecule has 2 fully saturated rings. The van der Waals surface area contributed by atoms with Crippen molar-refractivity contribution >= 4 is 17.3 Å². The van der Waals surface area contributed by atoms with Crippen LogP contribution in [0.4, 0.5) is 11.4 Å². The highest BCUT2D eigenvalue weighted by atomic mass is 16.6. The summed E-state index contributed by atoms with van der Waals surface area (Å²) in [5.74, 6) is 0.986. The fourth-order valence-corrected chi connectivity index (χ4v) is 3.52. The molecule has 6 nitrogen and oxygen atoms in total. The van der Waals surface area contributed by atoms with Crippen molar-refractivity contribution in [1.82, 2.24) is 5.32 Å². The highest BCUT2D eigenvalue weighted by molar-refractivity contribution is 6.00. The molecule has 3 rings (SSSR count). The van der Waals surface area contributed by atoms with E-state index in [-0.39, 0.29) is 28.9 Å². The van der Waals surface area contributed by atoms with E-state index in [1.165, 1.54) is 37.5 Å². The molecule has 0 aromatic heterocycles. The number of anilines is 1. The molecule has 0 spiro atoms. The number of amides is 1. The number of benzene rings is 1.